The normalized spacial score (nSPS) is 12.0. The zero-order chi connectivity index (χ0) is 17.9. The number of aryl methyl sites for hydroxylation is 1. The van der Waals surface area contributed by atoms with Gasteiger partial charge in [0.2, 0.25) is 0 Å². The number of para-hydroxylation sites is 1. The van der Waals surface area contributed by atoms with Crippen LogP contribution in [0.3, 0.4) is 0 Å². The van der Waals surface area contributed by atoms with Gasteiger partial charge in [-0.15, -0.1) is 0 Å². The average molecular weight is 346 g/mol. The van der Waals surface area contributed by atoms with Crippen molar-refractivity contribution in [2.24, 2.45) is 5.92 Å². The van der Waals surface area contributed by atoms with Crippen LogP contribution >= 0.6 is 0 Å². The zero-order valence-corrected chi connectivity index (χ0v) is 15.9. The molecule has 0 heterocycles. The maximum absolute atomic E-state index is 12.8. The summed E-state index contributed by atoms with van der Waals surface area (Å²) in [5.74, 6) is 0.794. The maximum atomic E-state index is 12.8. The van der Waals surface area contributed by atoms with Crippen LogP contribution in [-0.2, 0) is 16.4 Å². The number of benzene rings is 2. The summed E-state index contributed by atoms with van der Waals surface area (Å²) in [6, 6.07) is 13.0. The van der Waals surface area contributed by atoms with Crippen LogP contribution in [0.25, 0.3) is 0 Å². The predicted molar refractivity (Wildman–Crippen MR) is 101 cm³/mol. The van der Waals surface area contributed by atoms with Crippen molar-refractivity contribution in [3.05, 3.63) is 59.2 Å². The second-order valence-electron chi connectivity index (χ2n) is 7.04. The van der Waals surface area contributed by atoms with E-state index in [1.54, 1.807) is 12.1 Å². The molecule has 2 rings (SSSR count). The SMILES string of the molecule is Cc1cccc(C(C)C)c1NS(=O)(=O)c1ccc(CC(C)C)cc1. The highest BCUT2D eigenvalue weighted by Gasteiger charge is 2.18. The first-order valence-electron chi connectivity index (χ1n) is 8.42. The smallest absolute Gasteiger partial charge is 0.261 e. The lowest BCUT2D eigenvalue weighted by molar-refractivity contribution is 0.601. The van der Waals surface area contributed by atoms with Gasteiger partial charge in [0.1, 0.15) is 0 Å². The molecule has 130 valence electrons. The molecule has 2 aromatic rings. The number of hydrogen-bond acceptors (Lipinski definition) is 2. The summed E-state index contributed by atoms with van der Waals surface area (Å²) >= 11 is 0. The number of sulfonamides is 1. The molecule has 0 atom stereocenters. The van der Waals surface area contributed by atoms with Crippen LogP contribution in [0.5, 0.6) is 0 Å². The number of rotatable bonds is 6. The van der Waals surface area contributed by atoms with E-state index in [9.17, 15) is 8.42 Å². The van der Waals surface area contributed by atoms with Crippen LogP contribution in [0.4, 0.5) is 5.69 Å². The number of nitrogens with one attached hydrogen (secondary N) is 1. The van der Waals surface area contributed by atoms with Gasteiger partial charge in [-0.2, -0.15) is 0 Å². The minimum atomic E-state index is -3.59. The van der Waals surface area contributed by atoms with Gasteiger partial charge in [0.25, 0.3) is 10.0 Å². The molecule has 0 spiro atoms. The zero-order valence-electron chi connectivity index (χ0n) is 15.1. The van der Waals surface area contributed by atoms with Gasteiger partial charge in [-0.3, -0.25) is 4.72 Å². The Morgan fingerprint density at radius 1 is 0.958 bits per heavy atom. The molecule has 4 heteroatoms. The highest BCUT2D eigenvalue weighted by molar-refractivity contribution is 7.92. The molecule has 0 bridgehead atoms. The first kappa shape index (κ1) is 18.5. The van der Waals surface area contributed by atoms with Crippen LogP contribution in [0.15, 0.2) is 47.4 Å². The van der Waals surface area contributed by atoms with Gasteiger partial charge in [0, 0.05) is 0 Å². The first-order chi connectivity index (χ1) is 11.2. The van der Waals surface area contributed by atoms with Crippen molar-refractivity contribution < 1.29 is 8.42 Å². The molecular weight excluding hydrogens is 318 g/mol. The molecule has 2 aromatic carbocycles. The average Bonchev–Trinajstić information content (AvgIpc) is 2.49. The highest BCUT2D eigenvalue weighted by atomic mass is 32.2. The fraction of sp³-hybridized carbons (Fsp3) is 0.400. The molecule has 0 fully saturated rings. The molecule has 0 aliphatic carbocycles. The fourth-order valence-electron chi connectivity index (χ4n) is 2.78. The Balaban J connectivity index is 2.32. The second-order valence-corrected chi connectivity index (χ2v) is 8.72. The molecule has 0 saturated heterocycles. The third-order valence-corrected chi connectivity index (χ3v) is 5.41. The van der Waals surface area contributed by atoms with Crippen molar-refractivity contribution in [1.82, 2.24) is 0 Å². The molecule has 0 unspecified atom stereocenters. The molecule has 1 N–H and O–H groups in total. The van der Waals surface area contributed by atoms with E-state index < -0.39 is 10.0 Å². The van der Waals surface area contributed by atoms with Gasteiger partial charge in [-0.05, 0) is 54.0 Å². The van der Waals surface area contributed by atoms with E-state index in [0.29, 0.717) is 16.5 Å². The molecule has 3 nitrogen and oxygen atoms in total. The van der Waals surface area contributed by atoms with E-state index >= 15 is 0 Å². The summed E-state index contributed by atoms with van der Waals surface area (Å²) in [5, 5.41) is 0. The Hall–Kier alpha value is -1.81. The molecule has 0 saturated carbocycles. The van der Waals surface area contributed by atoms with Crippen LogP contribution < -0.4 is 4.72 Å². The van der Waals surface area contributed by atoms with Gasteiger partial charge in [-0.25, -0.2) is 8.42 Å². The first-order valence-corrected chi connectivity index (χ1v) is 9.90. The van der Waals surface area contributed by atoms with E-state index in [2.05, 4.69) is 32.4 Å². The molecule has 0 amide bonds. The van der Waals surface area contributed by atoms with Crippen molar-refractivity contribution >= 4 is 15.7 Å². The Morgan fingerprint density at radius 2 is 1.58 bits per heavy atom. The minimum Gasteiger partial charge on any atom is -0.279 e. The number of anilines is 1. The van der Waals surface area contributed by atoms with Gasteiger partial charge in [0.15, 0.2) is 0 Å². The van der Waals surface area contributed by atoms with Crippen molar-refractivity contribution in [2.75, 3.05) is 4.72 Å². The maximum Gasteiger partial charge on any atom is 0.261 e. The quantitative estimate of drug-likeness (QED) is 0.790. The van der Waals surface area contributed by atoms with Crippen LogP contribution in [0, 0.1) is 12.8 Å². The van der Waals surface area contributed by atoms with Gasteiger partial charge < -0.3 is 0 Å². The van der Waals surface area contributed by atoms with E-state index in [0.717, 1.165) is 23.1 Å². The van der Waals surface area contributed by atoms with Crippen molar-refractivity contribution in [2.45, 2.75) is 51.9 Å². The molecule has 0 aromatic heterocycles. The lowest BCUT2D eigenvalue weighted by Gasteiger charge is -2.17. The standard InChI is InChI=1S/C20H27NO2S/c1-14(2)13-17-9-11-18(12-10-17)24(22,23)21-20-16(5)7-6-8-19(20)15(3)4/h6-12,14-15,21H,13H2,1-5H3. The largest absolute Gasteiger partial charge is 0.279 e. The van der Waals surface area contributed by atoms with E-state index in [1.807, 2.05) is 37.3 Å². The monoisotopic (exact) mass is 345 g/mol. The third-order valence-electron chi connectivity index (χ3n) is 4.04. The summed E-state index contributed by atoms with van der Waals surface area (Å²) in [7, 11) is -3.59. The lowest BCUT2D eigenvalue weighted by Crippen LogP contribution is -2.15. The summed E-state index contributed by atoms with van der Waals surface area (Å²) < 4.78 is 28.3. The Labute approximate surface area is 146 Å². The van der Waals surface area contributed by atoms with Crippen molar-refractivity contribution in [3.8, 4) is 0 Å². The molecular formula is C20H27NO2S. The second kappa shape index (κ2) is 7.39. The van der Waals surface area contributed by atoms with Gasteiger partial charge in [0.05, 0.1) is 10.6 Å². The predicted octanol–water partition coefficient (Wildman–Crippen LogP) is 5.12. The molecule has 0 aliphatic rings. The third kappa shape index (κ3) is 4.38. The fourth-order valence-corrected chi connectivity index (χ4v) is 3.94. The summed E-state index contributed by atoms with van der Waals surface area (Å²) in [6.45, 7) is 10.4. The Bertz CT molecular complexity index is 791. The van der Waals surface area contributed by atoms with Crippen LogP contribution in [-0.4, -0.2) is 8.42 Å². The lowest BCUT2D eigenvalue weighted by atomic mass is 9.99. The van der Waals surface area contributed by atoms with Crippen molar-refractivity contribution in [1.29, 1.82) is 0 Å². The summed E-state index contributed by atoms with van der Waals surface area (Å²) in [4.78, 5) is 0.299. The number of hydrogen-bond donors (Lipinski definition) is 1. The van der Waals surface area contributed by atoms with E-state index in [-0.39, 0.29) is 5.92 Å². The van der Waals surface area contributed by atoms with Crippen LogP contribution in [0.2, 0.25) is 0 Å². The molecule has 0 aliphatic heterocycles. The van der Waals surface area contributed by atoms with E-state index in [4.69, 9.17) is 0 Å². The topological polar surface area (TPSA) is 46.2 Å². The summed E-state index contributed by atoms with van der Waals surface area (Å²) in [5.41, 5.74) is 3.79. The Kier molecular flexibility index (Phi) is 5.70. The van der Waals surface area contributed by atoms with Gasteiger partial charge >= 0.3 is 0 Å². The summed E-state index contributed by atoms with van der Waals surface area (Å²) in [6.07, 6.45) is 0.947. The van der Waals surface area contributed by atoms with Gasteiger partial charge in [-0.1, -0.05) is 58.0 Å². The van der Waals surface area contributed by atoms with Crippen molar-refractivity contribution in [3.63, 3.8) is 0 Å². The van der Waals surface area contributed by atoms with Crippen LogP contribution in [0.1, 0.15) is 50.3 Å². The molecule has 24 heavy (non-hydrogen) atoms. The Morgan fingerprint density at radius 3 is 2.12 bits per heavy atom. The van der Waals surface area contributed by atoms with E-state index in [1.165, 1.54) is 0 Å². The highest BCUT2D eigenvalue weighted by Crippen LogP contribution is 2.29. The molecule has 0 radical (unpaired) electrons. The minimum absolute atomic E-state index is 0.246.